The van der Waals surface area contributed by atoms with Gasteiger partial charge in [-0.3, -0.25) is 0 Å². The molecule has 0 aliphatic carbocycles. The van der Waals surface area contributed by atoms with Crippen molar-refractivity contribution in [3.8, 4) is 5.88 Å². The van der Waals surface area contributed by atoms with E-state index in [1.54, 1.807) is 0 Å². The standard InChI is InChI=1S/C12H14BrFN6O5S/c1-6(5-16-26(15,22)23)24-12-10(19-25-20-12)11(18-21)17-7-2-3-9(14)8(13)4-7/h2-4,6,16,21H,5H2,1H3,(H,17,18)(H2,15,22,23). The Morgan fingerprint density at radius 1 is 1.54 bits per heavy atom. The quantitative estimate of drug-likeness (QED) is 0.207. The fourth-order valence-corrected chi connectivity index (χ4v) is 2.56. The van der Waals surface area contributed by atoms with Crippen molar-refractivity contribution in [2.45, 2.75) is 13.0 Å². The lowest BCUT2D eigenvalue weighted by atomic mass is 10.3. The van der Waals surface area contributed by atoms with E-state index in [4.69, 9.17) is 9.88 Å². The molecule has 26 heavy (non-hydrogen) atoms. The highest BCUT2D eigenvalue weighted by Gasteiger charge is 2.21. The van der Waals surface area contributed by atoms with Crippen molar-refractivity contribution in [1.29, 1.82) is 0 Å². The number of benzene rings is 1. The van der Waals surface area contributed by atoms with Gasteiger partial charge < -0.3 is 15.3 Å². The zero-order valence-corrected chi connectivity index (χ0v) is 15.6. The monoisotopic (exact) mass is 452 g/mol. The molecule has 0 saturated heterocycles. The summed E-state index contributed by atoms with van der Waals surface area (Å²) in [6.45, 7) is 1.39. The van der Waals surface area contributed by atoms with E-state index in [0.717, 1.165) is 0 Å². The van der Waals surface area contributed by atoms with Crippen molar-refractivity contribution >= 4 is 37.7 Å². The summed E-state index contributed by atoms with van der Waals surface area (Å²) in [4.78, 5) is 0. The van der Waals surface area contributed by atoms with E-state index in [9.17, 15) is 18.0 Å². The van der Waals surface area contributed by atoms with Crippen LogP contribution in [0.1, 0.15) is 12.6 Å². The van der Waals surface area contributed by atoms with Crippen LogP contribution in [0, 0.1) is 5.82 Å². The van der Waals surface area contributed by atoms with Crippen LogP contribution in [0.3, 0.4) is 0 Å². The molecule has 0 radical (unpaired) electrons. The molecule has 1 heterocycles. The van der Waals surface area contributed by atoms with Gasteiger partial charge in [-0.2, -0.15) is 13.1 Å². The second-order valence-corrected chi connectivity index (χ2v) is 7.18. The van der Waals surface area contributed by atoms with Gasteiger partial charge in [0.2, 0.25) is 11.5 Å². The third kappa shape index (κ3) is 5.62. The van der Waals surface area contributed by atoms with Gasteiger partial charge in [0.15, 0.2) is 0 Å². The van der Waals surface area contributed by atoms with Crippen molar-refractivity contribution < 1.29 is 27.4 Å². The predicted molar refractivity (Wildman–Crippen MR) is 91.5 cm³/mol. The molecule has 1 aromatic heterocycles. The number of halogens is 2. The normalized spacial score (nSPS) is 13.5. The van der Waals surface area contributed by atoms with E-state index >= 15 is 0 Å². The minimum absolute atomic E-state index is 0.0876. The number of nitrogens with two attached hydrogens (primary N) is 1. The van der Waals surface area contributed by atoms with Crippen LogP contribution in [0.25, 0.3) is 0 Å². The summed E-state index contributed by atoms with van der Waals surface area (Å²) < 4.78 is 47.3. The molecule has 0 saturated carbocycles. The number of amidine groups is 1. The fourth-order valence-electron chi connectivity index (χ4n) is 1.71. The molecule has 0 aliphatic rings. The second kappa shape index (κ2) is 8.39. The first-order valence-electron chi connectivity index (χ1n) is 6.90. The number of hydrogen-bond donors (Lipinski definition) is 4. The Morgan fingerprint density at radius 2 is 2.27 bits per heavy atom. The van der Waals surface area contributed by atoms with Gasteiger partial charge in [0.1, 0.15) is 11.9 Å². The van der Waals surface area contributed by atoms with Crippen molar-refractivity contribution in [3.05, 3.63) is 34.2 Å². The lowest BCUT2D eigenvalue weighted by Gasteiger charge is -2.13. The van der Waals surface area contributed by atoms with Crippen molar-refractivity contribution in [2.75, 3.05) is 11.9 Å². The number of oxime groups is 1. The van der Waals surface area contributed by atoms with Crippen LogP contribution in [0.4, 0.5) is 10.1 Å². The molecule has 0 bridgehead atoms. The maximum Gasteiger partial charge on any atom is 0.287 e. The maximum absolute atomic E-state index is 13.3. The molecule has 0 amide bonds. The Labute approximate surface area is 155 Å². The number of rotatable bonds is 7. The summed E-state index contributed by atoms with van der Waals surface area (Å²) in [6, 6.07) is 4.01. The molecule has 2 rings (SSSR count). The Kier molecular flexibility index (Phi) is 6.47. The van der Waals surface area contributed by atoms with Crippen molar-refractivity contribution in [1.82, 2.24) is 15.0 Å². The molecule has 2 aromatic rings. The Balaban J connectivity index is 2.12. The van der Waals surface area contributed by atoms with E-state index in [2.05, 4.69) is 46.1 Å². The van der Waals surface area contributed by atoms with Crippen LogP contribution in [0.5, 0.6) is 5.88 Å². The van der Waals surface area contributed by atoms with Crippen LogP contribution in [-0.4, -0.2) is 42.4 Å². The number of nitrogens with one attached hydrogen (secondary N) is 2. The SMILES string of the molecule is CC(CNS(N)(=O)=O)Oc1nonc1/C(=N/O)Nc1ccc(F)c(Br)c1. The smallest absolute Gasteiger partial charge is 0.287 e. The molecule has 11 nitrogen and oxygen atoms in total. The molecular weight excluding hydrogens is 439 g/mol. The summed E-state index contributed by atoms with van der Waals surface area (Å²) in [5.74, 6) is -0.817. The highest BCUT2D eigenvalue weighted by atomic mass is 79.9. The van der Waals surface area contributed by atoms with Crippen LogP contribution >= 0.6 is 15.9 Å². The average molecular weight is 453 g/mol. The van der Waals surface area contributed by atoms with E-state index < -0.39 is 22.1 Å². The predicted octanol–water partition coefficient (Wildman–Crippen LogP) is 0.780. The molecule has 1 atom stereocenters. The van der Waals surface area contributed by atoms with Gasteiger partial charge in [0, 0.05) is 12.2 Å². The van der Waals surface area contributed by atoms with Gasteiger partial charge in [-0.1, -0.05) is 5.16 Å². The number of anilines is 1. The molecule has 142 valence electrons. The molecule has 1 unspecified atom stereocenters. The summed E-state index contributed by atoms with van der Waals surface area (Å²) in [7, 11) is -3.88. The third-order valence-electron chi connectivity index (χ3n) is 2.85. The van der Waals surface area contributed by atoms with Gasteiger partial charge in [-0.15, -0.1) is 0 Å². The van der Waals surface area contributed by atoms with Crippen molar-refractivity contribution in [2.24, 2.45) is 10.3 Å². The molecule has 0 aliphatic heterocycles. The lowest BCUT2D eigenvalue weighted by Crippen LogP contribution is -2.37. The van der Waals surface area contributed by atoms with Gasteiger partial charge >= 0.3 is 0 Å². The number of nitrogens with zero attached hydrogens (tertiary/aromatic N) is 3. The van der Waals surface area contributed by atoms with E-state index in [-0.39, 0.29) is 28.4 Å². The van der Waals surface area contributed by atoms with E-state index in [1.807, 2.05) is 0 Å². The molecular formula is C12H14BrFN6O5S. The highest BCUT2D eigenvalue weighted by molar-refractivity contribution is 9.10. The lowest BCUT2D eigenvalue weighted by molar-refractivity contribution is 0.197. The van der Waals surface area contributed by atoms with Crippen LogP contribution < -0.4 is 19.9 Å². The topological polar surface area (TPSA) is 165 Å². The van der Waals surface area contributed by atoms with Crippen LogP contribution in [0.15, 0.2) is 32.5 Å². The van der Waals surface area contributed by atoms with Crippen LogP contribution in [-0.2, 0) is 10.2 Å². The third-order valence-corrected chi connectivity index (χ3v) is 4.03. The number of ether oxygens (including phenoxy) is 1. The fraction of sp³-hybridized carbons (Fsp3) is 0.250. The number of aromatic nitrogens is 2. The van der Waals surface area contributed by atoms with E-state index in [0.29, 0.717) is 5.69 Å². The summed E-state index contributed by atoms with van der Waals surface area (Å²) in [5, 5.41) is 26.9. The minimum atomic E-state index is -3.88. The maximum atomic E-state index is 13.3. The van der Waals surface area contributed by atoms with Gasteiger partial charge in [0.25, 0.3) is 16.1 Å². The average Bonchev–Trinajstić information content (AvgIpc) is 3.01. The molecule has 0 spiro atoms. The highest BCUT2D eigenvalue weighted by Crippen LogP contribution is 2.22. The summed E-state index contributed by atoms with van der Waals surface area (Å²) in [6.07, 6.45) is -0.695. The summed E-state index contributed by atoms with van der Waals surface area (Å²) in [5.41, 5.74) is 0.291. The largest absolute Gasteiger partial charge is 0.469 e. The molecule has 0 fully saturated rings. The second-order valence-electron chi connectivity index (χ2n) is 4.94. The zero-order chi connectivity index (χ0) is 19.3. The number of hydrogen-bond acceptors (Lipinski definition) is 8. The summed E-state index contributed by atoms with van der Waals surface area (Å²) >= 11 is 3.03. The van der Waals surface area contributed by atoms with Gasteiger partial charge in [-0.05, 0) is 51.4 Å². The minimum Gasteiger partial charge on any atom is -0.469 e. The molecule has 5 N–H and O–H groups in total. The Bertz CT molecular complexity index is 905. The van der Waals surface area contributed by atoms with Gasteiger partial charge in [0.05, 0.1) is 4.47 Å². The van der Waals surface area contributed by atoms with Crippen molar-refractivity contribution in [3.63, 3.8) is 0 Å². The van der Waals surface area contributed by atoms with Crippen LogP contribution in [0.2, 0.25) is 0 Å². The first kappa shape index (κ1) is 20.0. The van der Waals surface area contributed by atoms with Gasteiger partial charge in [-0.25, -0.2) is 14.2 Å². The first-order chi connectivity index (χ1) is 12.2. The Hall–Kier alpha value is -2.29. The molecule has 14 heteroatoms. The first-order valence-corrected chi connectivity index (χ1v) is 9.24. The van der Waals surface area contributed by atoms with E-state index in [1.165, 1.54) is 25.1 Å². The zero-order valence-electron chi connectivity index (χ0n) is 13.2. The molecule has 1 aromatic carbocycles. The Morgan fingerprint density at radius 3 is 2.88 bits per heavy atom.